The van der Waals surface area contributed by atoms with Gasteiger partial charge in [-0.15, -0.1) is 0 Å². The molecular weight excluding hydrogens is 132 g/mol. The maximum Gasteiger partial charge on any atom is 0.306 e. The summed E-state index contributed by atoms with van der Waals surface area (Å²) < 4.78 is 4.66. The average molecular weight is 146 g/mol. The molecule has 0 aliphatic heterocycles. The van der Waals surface area contributed by atoms with Crippen LogP contribution in [0.3, 0.4) is 0 Å². The van der Waals surface area contributed by atoms with E-state index in [1.54, 1.807) is 13.8 Å². The van der Waals surface area contributed by atoms with E-state index in [1.165, 1.54) is 0 Å². The molecule has 0 aromatic rings. The van der Waals surface area contributed by atoms with Gasteiger partial charge in [-0.1, -0.05) is 6.92 Å². The highest BCUT2D eigenvalue weighted by molar-refractivity contribution is 5.69. The van der Waals surface area contributed by atoms with Crippen molar-refractivity contribution in [3.05, 3.63) is 0 Å². The first kappa shape index (κ1) is 9.43. The van der Waals surface area contributed by atoms with E-state index in [0.29, 0.717) is 13.0 Å². The van der Waals surface area contributed by atoms with E-state index in [9.17, 15) is 4.79 Å². The summed E-state index contributed by atoms with van der Waals surface area (Å²) in [4.78, 5) is 10.7. The van der Waals surface area contributed by atoms with Gasteiger partial charge in [-0.3, -0.25) is 4.79 Å². The predicted molar refractivity (Wildman–Crippen MR) is 37.5 cm³/mol. The van der Waals surface area contributed by atoms with Crippen LogP contribution in [0, 0.1) is 5.92 Å². The molecule has 0 aromatic carbocycles. The molecule has 0 aliphatic rings. The summed E-state index contributed by atoms with van der Waals surface area (Å²) in [5.74, 6) is -0.219. The molecule has 3 nitrogen and oxygen atoms in total. The van der Waals surface area contributed by atoms with Gasteiger partial charge in [0.1, 0.15) is 0 Å². The molecule has 0 radical (unpaired) electrons. The standard InChI is InChI=1S/C7H14O3/c1-3-10-7(9)4-6(2)5-8/h6,8H,3-5H2,1-2H3/t6-/m0/s1. The SMILES string of the molecule is CCOC(=O)C[C@H](C)CO. The van der Waals surface area contributed by atoms with Crippen LogP contribution in [0.5, 0.6) is 0 Å². The van der Waals surface area contributed by atoms with Crippen molar-refractivity contribution in [2.75, 3.05) is 13.2 Å². The predicted octanol–water partition coefficient (Wildman–Crippen LogP) is 0.568. The van der Waals surface area contributed by atoms with E-state index in [2.05, 4.69) is 4.74 Å². The van der Waals surface area contributed by atoms with E-state index >= 15 is 0 Å². The number of carbonyl (C=O) groups excluding carboxylic acids is 1. The summed E-state index contributed by atoms with van der Waals surface area (Å²) in [5.41, 5.74) is 0. The molecule has 0 unspecified atom stereocenters. The van der Waals surface area contributed by atoms with Crippen LogP contribution in [0.4, 0.5) is 0 Å². The fourth-order valence-electron chi connectivity index (χ4n) is 0.569. The lowest BCUT2D eigenvalue weighted by atomic mass is 10.1. The molecule has 0 fully saturated rings. The van der Waals surface area contributed by atoms with Crippen LogP contribution in [0.15, 0.2) is 0 Å². The van der Waals surface area contributed by atoms with Crippen LogP contribution in [0.1, 0.15) is 20.3 Å². The number of esters is 1. The highest BCUT2D eigenvalue weighted by atomic mass is 16.5. The highest BCUT2D eigenvalue weighted by Gasteiger charge is 2.07. The molecule has 0 heterocycles. The quantitative estimate of drug-likeness (QED) is 0.590. The van der Waals surface area contributed by atoms with Gasteiger partial charge in [0.25, 0.3) is 0 Å². The summed E-state index contributed by atoms with van der Waals surface area (Å²) in [6.45, 7) is 4.02. The normalized spacial score (nSPS) is 12.7. The fraction of sp³-hybridized carbons (Fsp3) is 0.857. The Morgan fingerprint density at radius 2 is 2.30 bits per heavy atom. The van der Waals surface area contributed by atoms with Gasteiger partial charge in [-0.25, -0.2) is 0 Å². The first-order valence-electron chi connectivity index (χ1n) is 3.47. The molecule has 0 aromatic heterocycles. The molecule has 0 saturated heterocycles. The maximum absolute atomic E-state index is 10.7. The van der Waals surface area contributed by atoms with E-state index in [-0.39, 0.29) is 18.5 Å². The molecule has 3 heteroatoms. The molecule has 1 N–H and O–H groups in total. The van der Waals surface area contributed by atoms with E-state index in [4.69, 9.17) is 5.11 Å². The Hall–Kier alpha value is -0.570. The van der Waals surface area contributed by atoms with Gasteiger partial charge in [0.05, 0.1) is 13.0 Å². The van der Waals surface area contributed by atoms with E-state index < -0.39 is 0 Å². The summed E-state index contributed by atoms with van der Waals surface area (Å²) in [7, 11) is 0. The molecule has 1 atom stereocenters. The smallest absolute Gasteiger partial charge is 0.306 e. The molecular formula is C7H14O3. The Labute approximate surface area is 61.0 Å². The summed E-state index contributed by atoms with van der Waals surface area (Å²) in [6, 6.07) is 0. The van der Waals surface area contributed by atoms with E-state index in [1.807, 2.05) is 0 Å². The largest absolute Gasteiger partial charge is 0.466 e. The third-order valence-electron chi connectivity index (χ3n) is 1.13. The minimum Gasteiger partial charge on any atom is -0.466 e. The van der Waals surface area contributed by atoms with Gasteiger partial charge < -0.3 is 9.84 Å². The van der Waals surface area contributed by atoms with Crippen molar-refractivity contribution in [3.63, 3.8) is 0 Å². The first-order valence-corrected chi connectivity index (χ1v) is 3.47. The van der Waals surface area contributed by atoms with Crippen LogP contribution in [-0.2, 0) is 9.53 Å². The lowest BCUT2D eigenvalue weighted by Crippen LogP contribution is -2.11. The number of ether oxygens (including phenoxy) is 1. The number of hydrogen-bond acceptors (Lipinski definition) is 3. The van der Waals surface area contributed by atoms with Crippen LogP contribution >= 0.6 is 0 Å². The zero-order valence-corrected chi connectivity index (χ0v) is 6.46. The Morgan fingerprint density at radius 3 is 2.70 bits per heavy atom. The summed E-state index contributed by atoms with van der Waals surface area (Å²) in [6.07, 6.45) is 0.310. The number of aliphatic hydroxyl groups is 1. The van der Waals surface area contributed by atoms with Gasteiger partial charge in [0, 0.05) is 6.61 Å². The number of rotatable bonds is 4. The third kappa shape index (κ3) is 4.32. The van der Waals surface area contributed by atoms with Gasteiger partial charge in [0.2, 0.25) is 0 Å². The van der Waals surface area contributed by atoms with Crippen LogP contribution in [0.25, 0.3) is 0 Å². The maximum atomic E-state index is 10.7. The van der Waals surface area contributed by atoms with Crippen molar-refractivity contribution >= 4 is 5.97 Å². The van der Waals surface area contributed by atoms with Crippen molar-refractivity contribution in [3.8, 4) is 0 Å². The second kappa shape index (κ2) is 5.23. The molecule has 0 amide bonds. The van der Waals surface area contributed by atoms with Gasteiger partial charge in [-0.05, 0) is 12.8 Å². The third-order valence-corrected chi connectivity index (χ3v) is 1.13. The van der Waals surface area contributed by atoms with Crippen molar-refractivity contribution in [2.24, 2.45) is 5.92 Å². The molecule has 0 bridgehead atoms. The molecule has 0 rings (SSSR count). The van der Waals surface area contributed by atoms with Crippen molar-refractivity contribution in [1.82, 2.24) is 0 Å². The number of hydrogen-bond donors (Lipinski definition) is 1. The summed E-state index contributed by atoms with van der Waals surface area (Å²) in [5, 5.41) is 8.54. The monoisotopic (exact) mass is 146 g/mol. The zero-order valence-electron chi connectivity index (χ0n) is 6.46. The molecule has 0 spiro atoms. The second-order valence-corrected chi connectivity index (χ2v) is 2.30. The Kier molecular flexibility index (Phi) is 4.94. The van der Waals surface area contributed by atoms with E-state index in [0.717, 1.165) is 0 Å². The van der Waals surface area contributed by atoms with Crippen molar-refractivity contribution in [2.45, 2.75) is 20.3 Å². The fourth-order valence-corrected chi connectivity index (χ4v) is 0.569. The minimum absolute atomic E-state index is 0.0130. The minimum atomic E-state index is -0.232. The van der Waals surface area contributed by atoms with Crippen LogP contribution < -0.4 is 0 Å². The highest BCUT2D eigenvalue weighted by Crippen LogP contribution is 2.00. The average Bonchev–Trinajstić information content (AvgIpc) is 1.88. The van der Waals surface area contributed by atoms with Crippen LogP contribution in [0.2, 0.25) is 0 Å². The van der Waals surface area contributed by atoms with Crippen molar-refractivity contribution in [1.29, 1.82) is 0 Å². The Bertz CT molecular complexity index is 101. The Morgan fingerprint density at radius 1 is 1.70 bits per heavy atom. The first-order chi connectivity index (χ1) is 4.70. The number of aliphatic hydroxyl groups excluding tert-OH is 1. The van der Waals surface area contributed by atoms with Crippen molar-refractivity contribution < 1.29 is 14.6 Å². The zero-order chi connectivity index (χ0) is 7.98. The summed E-state index contributed by atoms with van der Waals surface area (Å²) >= 11 is 0. The molecule has 60 valence electrons. The lowest BCUT2D eigenvalue weighted by Gasteiger charge is -2.05. The lowest BCUT2D eigenvalue weighted by molar-refractivity contribution is -0.144. The molecule has 0 saturated carbocycles. The van der Waals surface area contributed by atoms with Crippen LogP contribution in [-0.4, -0.2) is 24.3 Å². The van der Waals surface area contributed by atoms with Gasteiger partial charge >= 0.3 is 5.97 Å². The van der Waals surface area contributed by atoms with Gasteiger partial charge in [-0.2, -0.15) is 0 Å². The van der Waals surface area contributed by atoms with Gasteiger partial charge in [0.15, 0.2) is 0 Å². The Balaban J connectivity index is 3.37. The molecule has 10 heavy (non-hydrogen) atoms. The molecule has 0 aliphatic carbocycles. The second-order valence-electron chi connectivity index (χ2n) is 2.30. The number of carbonyl (C=O) groups is 1. The topological polar surface area (TPSA) is 46.5 Å².